The molecule has 0 spiro atoms. The summed E-state index contributed by atoms with van der Waals surface area (Å²) in [5.41, 5.74) is 1.98. The van der Waals surface area contributed by atoms with Crippen molar-refractivity contribution in [1.29, 1.82) is 0 Å². The van der Waals surface area contributed by atoms with Gasteiger partial charge >= 0.3 is 0 Å². The summed E-state index contributed by atoms with van der Waals surface area (Å²) in [4.78, 5) is 10.9. The normalized spacial score (nSPS) is 9.17. The molecule has 0 saturated carbocycles. The number of benzene rings is 1. The van der Waals surface area contributed by atoms with Gasteiger partial charge in [-0.15, -0.1) is 0 Å². The summed E-state index contributed by atoms with van der Waals surface area (Å²) in [5.74, 6) is -0.736. The zero-order valence-corrected chi connectivity index (χ0v) is 6.60. The van der Waals surface area contributed by atoms with Crippen molar-refractivity contribution < 1.29 is 9.28 Å². The lowest BCUT2D eigenvalue weighted by Gasteiger charge is -2.04. The Morgan fingerprint density at radius 1 is 1.42 bits per heavy atom. The van der Waals surface area contributed by atoms with E-state index in [1.54, 1.807) is 31.3 Å². The molecule has 0 aliphatic rings. The molecule has 1 aromatic carbocycles. The molecule has 0 unspecified atom stereocenters. The number of nitrogens with one attached hydrogen (secondary N) is 2. The van der Waals surface area contributed by atoms with Crippen LogP contribution in [0.2, 0.25) is 0 Å². The van der Waals surface area contributed by atoms with Crippen LogP contribution in [0.5, 0.6) is 0 Å². The van der Waals surface area contributed by atoms with Gasteiger partial charge in [0.15, 0.2) is 0 Å². The van der Waals surface area contributed by atoms with Crippen molar-refractivity contribution in [3.63, 3.8) is 0 Å². The number of hydrogen-bond donors (Lipinski definition) is 2. The van der Waals surface area contributed by atoms with Gasteiger partial charge in [0, 0.05) is 12.7 Å². The Hall–Kier alpha value is -1.58. The largest absolute Gasteiger partial charge is 0.387 e. The van der Waals surface area contributed by atoms with Gasteiger partial charge in [0.2, 0.25) is 0 Å². The van der Waals surface area contributed by atoms with Crippen LogP contribution in [0.15, 0.2) is 24.3 Å². The van der Waals surface area contributed by atoms with Crippen molar-refractivity contribution in [3.05, 3.63) is 29.8 Å². The van der Waals surface area contributed by atoms with Gasteiger partial charge in [-0.25, -0.2) is 0 Å². The summed E-state index contributed by atoms with van der Waals surface area (Å²) in [6.45, 7) is 0. The Morgan fingerprint density at radius 2 is 2.08 bits per heavy atom. The molecule has 12 heavy (non-hydrogen) atoms. The highest BCUT2D eigenvalue weighted by molar-refractivity contribution is 5.98. The zero-order chi connectivity index (χ0) is 8.97. The molecule has 0 saturated heterocycles. The second kappa shape index (κ2) is 3.71. The van der Waals surface area contributed by atoms with E-state index < -0.39 is 5.91 Å². The van der Waals surface area contributed by atoms with E-state index in [2.05, 4.69) is 5.32 Å². The van der Waals surface area contributed by atoms with Gasteiger partial charge in [-0.3, -0.25) is 4.79 Å². The lowest BCUT2D eigenvalue weighted by molar-refractivity contribution is 0.0860. The second-order valence-electron chi connectivity index (χ2n) is 2.22. The molecule has 0 heterocycles. The van der Waals surface area contributed by atoms with E-state index in [1.807, 2.05) is 0 Å². The minimum atomic E-state index is -0.736. The Bertz CT molecular complexity index is 288. The molecule has 0 atom stereocenters. The number of para-hydroxylation sites is 1. The van der Waals surface area contributed by atoms with Crippen LogP contribution >= 0.6 is 0 Å². The summed E-state index contributed by atoms with van der Waals surface area (Å²) < 4.78 is 11.8. The predicted octanol–water partition coefficient (Wildman–Crippen LogP) is 1.34. The van der Waals surface area contributed by atoms with Crippen LogP contribution in [0.4, 0.5) is 10.2 Å². The van der Waals surface area contributed by atoms with Crippen molar-refractivity contribution in [2.75, 3.05) is 12.4 Å². The van der Waals surface area contributed by atoms with Crippen LogP contribution < -0.4 is 10.9 Å². The number of anilines is 1. The molecule has 0 aromatic heterocycles. The molecule has 4 heteroatoms. The predicted molar refractivity (Wildman–Crippen MR) is 44.6 cm³/mol. The molecule has 0 aliphatic heterocycles. The van der Waals surface area contributed by atoms with Crippen LogP contribution in [-0.4, -0.2) is 13.0 Å². The zero-order valence-electron chi connectivity index (χ0n) is 6.60. The van der Waals surface area contributed by atoms with Crippen molar-refractivity contribution in [2.24, 2.45) is 0 Å². The minimum Gasteiger partial charge on any atom is -0.387 e. The maximum Gasteiger partial charge on any atom is 0.281 e. The third kappa shape index (κ3) is 1.53. The van der Waals surface area contributed by atoms with Crippen LogP contribution in [0.3, 0.4) is 0 Å². The van der Waals surface area contributed by atoms with E-state index in [9.17, 15) is 9.28 Å². The Balaban J connectivity index is 3.04. The summed E-state index contributed by atoms with van der Waals surface area (Å²) in [5, 5.41) is 2.78. The highest BCUT2D eigenvalue weighted by Crippen LogP contribution is 2.13. The first kappa shape index (κ1) is 8.52. The van der Waals surface area contributed by atoms with E-state index >= 15 is 0 Å². The summed E-state index contributed by atoms with van der Waals surface area (Å²) in [6, 6.07) is 6.68. The molecule has 1 rings (SSSR count). The van der Waals surface area contributed by atoms with Crippen molar-refractivity contribution in [2.45, 2.75) is 0 Å². The average Bonchev–Trinajstić information content (AvgIpc) is 2.16. The lowest BCUT2D eigenvalue weighted by atomic mass is 10.2. The minimum absolute atomic E-state index is 0.294. The molecular weight excluding hydrogens is 159 g/mol. The van der Waals surface area contributed by atoms with Gasteiger partial charge in [-0.05, 0) is 12.1 Å². The van der Waals surface area contributed by atoms with Crippen molar-refractivity contribution >= 4 is 11.6 Å². The van der Waals surface area contributed by atoms with Gasteiger partial charge < -0.3 is 5.32 Å². The lowest BCUT2D eigenvalue weighted by Crippen LogP contribution is -2.15. The second-order valence-corrected chi connectivity index (χ2v) is 2.22. The highest BCUT2D eigenvalue weighted by atomic mass is 19.2. The van der Waals surface area contributed by atoms with Crippen LogP contribution in [0.25, 0.3) is 0 Å². The standard InChI is InChI=1S/C8H9FN2O/c1-10-7-5-3-2-4-6(7)8(12)11-9/h2-5,10H,1H3,(H,11,12). The number of rotatable bonds is 2. The summed E-state index contributed by atoms with van der Waals surface area (Å²) in [7, 11) is 1.67. The van der Waals surface area contributed by atoms with E-state index in [4.69, 9.17) is 0 Å². The van der Waals surface area contributed by atoms with Crippen LogP contribution in [0, 0.1) is 0 Å². The number of carbonyl (C=O) groups is 1. The smallest absolute Gasteiger partial charge is 0.281 e. The summed E-state index contributed by atoms with van der Waals surface area (Å²) in [6.07, 6.45) is 0. The number of halogens is 1. The molecule has 0 bridgehead atoms. The number of carbonyl (C=O) groups excluding carboxylic acids is 1. The average molecular weight is 168 g/mol. The number of amides is 1. The van der Waals surface area contributed by atoms with Crippen molar-refractivity contribution in [3.8, 4) is 0 Å². The van der Waals surface area contributed by atoms with Crippen LogP contribution in [0.1, 0.15) is 10.4 Å². The Morgan fingerprint density at radius 3 is 2.67 bits per heavy atom. The Kier molecular flexibility index (Phi) is 2.63. The van der Waals surface area contributed by atoms with Gasteiger partial charge in [0.05, 0.1) is 5.56 Å². The van der Waals surface area contributed by atoms with Gasteiger partial charge in [-0.2, -0.15) is 5.54 Å². The molecule has 0 fully saturated rings. The molecular formula is C8H9FN2O. The third-order valence-electron chi connectivity index (χ3n) is 1.53. The third-order valence-corrected chi connectivity index (χ3v) is 1.53. The maximum atomic E-state index is 11.8. The first-order chi connectivity index (χ1) is 5.79. The maximum absolute atomic E-state index is 11.8. The first-order valence-corrected chi connectivity index (χ1v) is 3.47. The van der Waals surface area contributed by atoms with Gasteiger partial charge in [0.25, 0.3) is 5.91 Å². The molecule has 0 radical (unpaired) electrons. The fraction of sp³-hybridized carbons (Fsp3) is 0.125. The Labute approximate surface area is 69.5 Å². The van der Waals surface area contributed by atoms with Gasteiger partial charge in [-0.1, -0.05) is 16.6 Å². The molecule has 0 aliphatic carbocycles. The quantitative estimate of drug-likeness (QED) is 0.654. The van der Waals surface area contributed by atoms with E-state index in [0.29, 0.717) is 11.3 Å². The topological polar surface area (TPSA) is 41.1 Å². The number of hydrogen-bond acceptors (Lipinski definition) is 2. The van der Waals surface area contributed by atoms with E-state index in [0.717, 1.165) is 5.54 Å². The molecule has 3 nitrogen and oxygen atoms in total. The highest BCUT2D eigenvalue weighted by Gasteiger charge is 2.07. The van der Waals surface area contributed by atoms with E-state index in [1.165, 1.54) is 0 Å². The van der Waals surface area contributed by atoms with Gasteiger partial charge in [0.1, 0.15) is 0 Å². The van der Waals surface area contributed by atoms with E-state index in [-0.39, 0.29) is 0 Å². The molecule has 1 amide bonds. The fourth-order valence-electron chi connectivity index (χ4n) is 0.950. The monoisotopic (exact) mass is 168 g/mol. The molecule has 64 valence electrons. The SMILES string of the molecule is CNc1ccccc1C(=O)NF. The summed E-state index contributed by atoms with van der Waals surface area (Å²) >= 11 is 0. The first-order valence-electron chi connectivity index (χ1n) is 3.47. The van der Waals surface area contributed by atoms with Crippen LogP contribution in [-0.2, 0) is 0 Å². The van der Waals surface area contributed by atoms with Crippen molar-refractivity contribution in [1.82, 2.24) is 5.54 Å². The molecule has 1 aromatic rings. The molecule has 2 N–H and O–H groups in total. The fourth-order valence-corrected chi connectivity index (χ4v) is 0.950.